The summed E-state index contributed by atoms with van der Waals surface area (Å²) in [7, 11) is 1.62. The summed E-state index contributed by atoms with van der Waals surface area (Å²) < 4.78 is 11.1. The Bertz CT molecular complexity index is 936. The lowest BCUT2D eigenvalue weighted by Gasteiger charge is -2.31. The first-order chi connectivity index (χ1) is 13.7. The zero-order valence-electron chi connectivity index (χ0n) is 15.5. The van der Waals surface area contributed by atoms with Crippen LogP contribution in [0.15, 0.2) is 48.9 Å². The third kappa shape index (κ3) is 3.95. The molecule has 0 spiro atoms. The Morgan fingerprint density at radius 1 is 1.21 bits per heavy atom. The summed E-state index contributed by atoms with van der Waals surface area (Å²) in [6, 6.07) is 11.1. The van der Waals surface area contributed by atoms with Gasteiger partial charge in [-0.1, -0.05) is 12.1 Å². The molecule has 1 fully saturated rings. The lowest BCUT2D eigenvalue weighted by atomic mass is 10.1. The molecule has 0 radical (unpaired) electrons. The Balaban J connectivity index is 1.37. The van der Waals surface area contributed by atoms with Gasteiger partial charge in [0.1, 0.15) is 23.9 Å². The van der Waals surface area contributed by atoms with Crippen LogP contribution in [0.1, 0.15) is 23.3 Å². The van der Waals surface area contributed by atoms with Crippen molar-refractivity contribution in [3.63, 3.8) is 0 Å². The maximum atomic E-state index is 12.8. The predicted octanol–water partition coefficient (Wildman–Crippen LogP) is 2.56. The number of aromatic nitrogens is 4. The number of nitrogens with zero attached hydrogens (tertiary/aromatic N) is 4. The molecule has 1 N–H and O–H groups in total. The molecule has 0 bridgehead atoms. The van der Waals surface area contributed by atoms with Gasteiger partial charge in [0.15, 0.2) is 0 Å². The number of carbonyl (C=O) groups excluding carboxylic acids is 1. The quantitative estimate of drug-likeness (QED) is 0.732. The highest BCUT2D eigenvalue weighted by Gasteiger charge is 2.26. The number of carbonyl (C=O) groups is 1. The summed E-state index contributed by atoms with van der Waals surface area (Å²) in [5.41, 5.74) is 2.09. The normalized spacial score (nSPS) is 14.7. The minimum absolute atomic E-state index is 0.0491. The van der Waals surface area contributed by atoms with Crippen molar-refractivity contribution in [3.8, 4) is 22.9 Å². The van der Waals surface area contributed by atoms with Crippen molar-refractivity contribution in [1.82, 2.24) is 25.1 Å². The molecule has 1 aliphatic heterocycles. The molecule has 1 aromatic carbocycles. The molecule has 3 heterocycles. The molecule has 2 aromatic heterocycles. The van der Waals surface area contributed by atoms with Crippen molar-refractivity contribution in [2.75, 3.05) is 20.2 Å². The number of H-pyrrole nitrogens is 1. The summed E-state index contributed by atoms with van der Waals surface area (Å²) in [6.07, 6.45) is 4.68. The van der Waals surface area contributed by atoms with Gasteiger partial charge >= 0.3 is 0 Å². The lowest BCUT2D eigenvalue weighted by Crippen LogP contribution is -2.42. The fourth-order valence-corrected chi connectivity index (χ4v) is 3.23. The zero-order valence-corrected chi connectivity index (χ0v) is 15.5. The van der Waals surface area contributed by atoms with E-state index in [0.717, 1.165) is 24.2 Å². The first-order valence-corrected chi connectivity index (χ1v) is 9.15. The van der Waals surface area contributed by atoms with E-state index >= 15 is 0 Å². The molecule has 0 atom stereocenters. The van der Waals surface area contributed by atoms with E-state index in [2.05, 4.69) is 20.2 Å². The standard InChI is InChI=1S/C20H21N5O3/c1-27-16-4-2-3-14(11-16)17-12-18(24-23-17)20(26)25-9-6-15(7-10-25)28-19-5-8-21-13-22-19/h2-5,8,11-13,15H,6-7,9-10H2,1H3,(H,23,24). The smallest absolute Gasteiger partial charge is 0.271 e. The van der Waals surface area contributed by atoms with Gasteiger partial charge < -0.3 is 14.4 Å². The van der Waals surface area contributed by atoms with Crippen molar-refractivity contribution in [3.05, 3.63) is 54.6 Å². The third-order valence-corrected chi connectivity index (χ3v) is 4.75. The van der Waals surface area contributed by atoms with E-state index < -0.39 is 0 Å². The van der Waals surface area contributed by atoms with Gasteiger partial charge in [0.05, 0.1) is 12.8 Å². The number of hydrogen-bond donors (Lipinski definition) is 1. The molecule has 0 unspecified atom stereocenters. The topological polar surface area (TPSA) is 93.2 Å². The molecule has 1 saturated heterocycles. The number of ether oxygens (including phenoxy) is 2. The lowest BCUT2D eigenvalue weighted by molar-refractivity contribution is 0.0582. The van der Waals surface area contributed by atoms with Crippen molar-refractivity contribution < 1.29 is 14.3 Å². The summed E-state index contributed by atoms with van der Waals surface area (Å²) in [6.45, 7) is 1.25. The SMILES string of the molecule is COc1cccc(-c2cc(C(=O)N3CCC(Oc4ccncn4)CC3)[nH]n2)c1. The number of likely N-dealkylation sites (tertiary alicyclic amines) is 1. The number of benzene rings is 1. The second-order valence-corrected chi connectivity index (χ2v) is 6.56. The van der Waals surface area contributed by atoms with Crippen LogP contribution in [0.2, 0.25) is 0 Å². The van der Waals surface area contributed by atoms with Gasteiger partial charge in [-0.05, 0) is 18.2 Å². The van der Waals surface area contributed by atoms with E-state index in [9.17, 15) is 4.79 Å². The largest absolute Gasteiger partial charge is 0.497 e. The fourth-order valence-electron chi connectivity index (χ4n) is 3.23. The number of rotatable bonds is 5. The number of hydrogen-bond acceptors (Lipinski definition) is 6. The van der Waals surface area contributed by atoms with Crippen LogP contribution in [0, 0.1) is 0 Å². The highest BCUT2D eigenvalue weighted by atomic mass is 16.5. The van der Waals surface area contributed by atoms with Crippen LogP contribution in [0.25, 0.3) is 11.3 Å². The summed E-state index contributed by atoms with van der Waals surface area (Å²) in [5, 5.41) is 7.14. The van der Waals surface area contributed by atoms with E-state index in [1.165, 1.54) is 6.33 Å². The number of aromatic amines is 1. The summed E-state index contributed by atoms with van der Waals surface area (Å²) >= 11 is 0. The molecule has 1 aliphatic rings. The minimum Gasteiger partial charge on any atom is -0.497 e. The van der Waals surface area contributed by atoms with Gasteiger partial charge in [-0.25, -0.2) is 9.97 Å². The van der Waals surface area contributed by atoms with Gasteiger partial charge in [-0.15, -0.1) is 0 Å². The summed E-state index contributed by atoms with van der Waals surface area (Å²) in [4.78, 5) is 22.6. The molecule has 1 amide bonds. The molecule has 0 aliphatic carbocycles. The molecule has 3 aromatic rings. The molecular weight excluding hydrogens is 358 g/mol. The maximum absolute atomic E-state index is 12.8. The van der Waals surface area contributed by atoms with Crippen LogP contribution in [0.3, 0.4) is 0 Å². The predicted molar refractivity (Wildman–Crippen MR) is 102 cm³/mol. The van der Waals surface area contributed by atoms with Crippen molar-refractivity contribution in [2.45, 2.75) is 18.9 Å². The number of methoxy groups -OCH3 is 1. The highest BCUT2D eigenvalue weighted by Crippen LogP contribution is 2.24. The minimum atomic E-state index is -0.0536. The average Bonchev–Trinajstić information content (AvgIpc) is 3.25. The number of amides is 1. The Hall–Kier alpha value is -3.42. The maximum Gasteiger partial charge on any atom is 0.271 e. The van der Waals surface area contributed by atoms with Crippen LogP contribution in [-0.2, 0) is 0 Å². The van der Waals surface area contributed by atoms with Crippen molar-refractivity contribution >= 4 is 5.91 Å². The Labute approximate surface area is 162 Å². The Kier molecular flexibility index (Phi) is 5.18. The first kappa shape index (κ1) is 18.0. The molecule has 8 nitrogen and oxygen atoms in total. The van der Waals surface area contributed by atoms with Gasteiger partial charge in [0, 0.05) is 43.8 Å². The molecule has 0 saturated carbocycles. The van der Waals surface area contributed by atoms with Crippen molar-refractivity contribution in [1.29, 1.82) is 0 Å². The van der Waals surface area contributed by atoms with Gasteiger partial charge in [-0.2, -0.15) is 5.10 Å². The molecule has 28 heavy (non-hydrogen) atoms. The molecule has 8 heteroatoms. The second kappa shape index (κ2) is 8.08. The van der Waals surface area contributed by atoms with Crippen LogP contribution >= 0.6 is 0 Å². The monoisotopic (exact) mass is 379 g/mol. The third-order valence-electron chi connectivity index (χ3n) is 4.75. The van der Waals surface area contributed by atoms with Crippen LogP contribution in [0.5, 0.6) is 11.6 Å². The fraction of sp³-hybridized carbons (Fsp3) is 0.300. The van der Waals surface area contributed by atoms with Crippen LogP contribution in [-0.4, -0.2) is 57.3 Å². The van der Waals surface area contributed by atoms with Gasteiger partial charge in [0.2, 0.25) is 5.88 Å². The second-order valence-electron chi connectivity index (χ2n) is 6.56. The van der Waals surface area contributed by atoms with Crippen molar-refractivity contribution in [2.24, 2.45) is 0 Å². The van der Waals surface area contributed by atoms with Crippen LogP contribution in [0.4, 0.5) is 0 Å². The average molecular weight is 379 g/mol. The summed E-state index contributed by atoms with van der Waals surface area (Å²) in [5.74, 6) is 1.26. The van der Waals surface area contributed by atoms with E-state index in [4.69, 9.17) is 9.47 Å². The number of nitrogens with one attached hydrogen (secondary N) is 1. The zero-order chi connectivity index (χ0) is 19.3. The van der Waals surface area contributed by atoms with E-state index in [1.54, 1.807) is 25.4 Å². The van der Waals surface area contributed by atoms with E-state index in [1.807, 2.05) is 29.2 Å². The molecule has 4 rings (SSSR count). The first-order valence-electron chi connectivity index (χ1n) is 9.15. The van der Waals surface area contributed by atoms with Gasteiger partial charge in [0.25, 0.3) is 5.91 Å². The molecule has 144 valence electrons. The Morgan fingerprint density at radius 2 is 2.07 bits per heavy atom. The number of piperidine rings is 1. The molecular formula is C20H21N5O3. The van der Waals surface area contributed by atoms with Gasteiger partial charge in [-0.3, -0.25) is 9.89 Å². The highest BCUT2D eigenvalue weighted by molar-refractivity contribution is 5.93. The van der Waals surface area contributed by atoms with Crippen LogP contribution < -0.4 is 9.47 Å². The van der Waals surface area contributed by atoms with E-state index in [0.29, 0.717) is 30.4 Å². The Morgan fingerprint density at radius 3 is 2.82 bits per heavy atom. The van der Waals surface area contributed by atoms with E-state index in [-0.39, 0.29) is 12.0 Å².